The van der Waals surface area contributed by atoms with Crippen LogP contribution in [0.25, 0.3) is 17.2 Å². The molecule has 0 unspecified atom stereocenters. The van der Waals surface area contributed by atoms with Crippen molar-refractivity contribution in [3.63, 3.8) is 0 Å². The molecule has 2 heterocycles. The third-order valence-corrected chi connectivity index (χ3v) is 5.22. The van der Waals surface area contributed by atoms with Gasteiger partial charge in [0.1, 0.15) is 11.5 Å². The highest BCUT2D eigenvalue weighted by molar-refractivity contribution is 6.28. The molecule has 8 nitrogen and oxygen atoms in total. The lowest BCUT2D eigenvalue weighted by Crippen LogP contribution is -2.05. The van der Waals surface area contributed by atoms with Crippen LogP contribution < -0.4 is 15.2 Å². The van der Waals surface area contributed by atoms with E-state index in [1.165, 1.54) is 6.08 Å². The van der Waals surface area contributed by atoms with Gasteiger partial charge in [0, 0.05) is 12.6 Å². The summed E-state index contributed by atoms with van der Waals surface area (Å²) in [4.78, 5) is 24.0. The Bertz CT molecular complexity index is 1340. The molecule has 0 fully saturated rings. The molecular weight excluding hydrogens is 442 g/mol. The number of hydrogen-bond acceptors (Lipinski definition) is 6. The fourth-order valence-electron chi connectivity index (χ4n) is 3.56. The lowest BCUT2D eigenvalue weighted by molar-refractivity contribution is -0.113. The molecule has 0 spiro atoms. The summed E-state index contributed by atoms with van der Waals surface area (Å²) in [6.45, 7) is 4.37. The molecule has 2 aromatic heterocycles. The topological polar surface area (TPSA) is 105 Å². The van der Waals surface area contributed by atoms with Gasteiger partial charge in [0.2, 0.25) is 17.1 Å². The maximum atomic E-state index is 11.0. The number of amides is 1. The predicted molar refractivity (Wildman–Crippen MR) is 127 cm³/mol. The molecule has 0 aliphatic heterocycles. The van der Waals surface area contributed by atoms with E-state index in [0.717, 1.165) is 28.0 Å². The van der Waals surface area contributed by atoms with E-state index in [9.17, 15) is 4.79 Å². The molecule has 0 saturated heterocycles. The Hall–Kier alpha value is -3.91. The van der Waals surface area contributed by atoms with Crippen LogP contribution in [0, 0.1) is 13.8 Å². The van der Waals surface area contributed by atoms with Gasteiger partial charge in [0.05, 0.1) is 13.4 Å². The number of halogens is 1. The average Bonchev–Trinajstić information content (AvgIpc) is 3.17. The van der Waals surface area contributed by atoms with Crippen molar-refractivity contribution >= 4 is 34.7 Å². The van der Waals surface area contributed by atoms with E-state index < -0.39 is 5.91 Å². The zero-order valence-corrected chi connectivity index (χ0v) is 19.1. The molecule has 2 N–H and O–H groups in total. The molecule has 33 heavy (non-hydrogen) atoms. The van der Waals surface area contributed by atoms with Gasteiger partial charge in [-0.2, -0.15) is 9.97 Å². The highest BCUT2D eigenvalue weighted by atomic mass is 35.5. The monoisotopic (exact) mass is 463 g/mol. The van der Waals surface area contributed by atoms with Crippen molar-refractivity contribution in [3.8, 4) is 17.4 Å². The van der Waals surface area contributed by atoms with Crippen molar-refractivity contribution < 1.29 is 14.3 Å². The molecule has 0 radical (unpaired) electrons. The predicted octanol–water partition coefficient (Wildman–Crippen LogP) is 4.44. The van der Waals surface area contributed by atoms with Crippen molar-refractivity contribution in [1.29, 1.82) is 0 Å². The van der Waals surface area contributed by atoms with E-state index in [1.54, 1.807) is 19.5 Å². The van der Waals surface area contributed by atoms with E-state index >= 15 is 0 Å². The van der Waals surface area contributed by atoms with Crippen molar-refractivity contribution in [3.05, 3.63) is 76.3 Å². The molecule has 0 aliphatic rings. The summed E-state index contributed by atoms with van der Waals surface area (Å²) in [5.74, 6) is 1.23. The molecule has 0 atom stereocenters. The van der Waals surface area contributed by atoms with E-state index in [-0.39, 0.29) is 5.28 Å². The number of methoxy groups -OCH3 is 1. The number of aromatic nitrogens is 4. The van der Waals surface area contributed by atoms with Gasteiger partial charge in [-0.05, 0) is 78.0 Å². The highest BCUT2D eigenvalue weighted by Gasteiger charge is 2.17. The van der Waals surface area contributed by atoms with Crippen molar-refractivity contribution in [2.24, 2.45) is 5.73 Å². The second-order valence-corrected chi connectivity index (χ2v) is 7.85. The largest absolute Gasteiger partial charge is 0.497 e. The van der Waals surface area contributed by atoms with E-state index in [0.29, 0.717) is 29.3 Å². The number of rotatable bonds is 7. The van der Waals surface area contributed by atoms with E-state index in [2.05, 4.69) is 15.0 Å². The minimum Gasteiger partial charge on any atom is -0.497 e. The number of primary amides is 1. The van der Waals surface area contributed by atoms with Gasteiger partial charge in [0.25, 0.3) is 0 Å². The van der Waals surface area contributed by atoms with Gasteiger partial charge >= 0.3 is 0 Å². The fourth-order valence-corrected chi connectivity index (χ4v) is 3.71. The van der Waals surface area contributed by atoms with Gasteiger partial charge in [-0.3, -0.25) is 4.79 Å². The third kappa shape index (κ3) is 4.96. The Labute approximate surface area is 195 Å². The van der Waals surface area contributed by atoms with Crippen LogP contribution in [0.2, 0.25) is 5.28 Å². The number of nitrogens with two attached hydrogens (primary N) is 1. The van der Waals surface area contributed by atoms with Crippen molar-refractivity contribution in [2.75, 3.05) is 7.11 Å². The maximum Gasteiger partial charge on any atom is 0.250 e. The summed E-state index contributed by atoms with van der Waals surface area (Å²) in [6.07, 6.45) is 4.67. The summed E-state index contributed by atoms with van der Waals surface area (Å²) >= 11 is 6.15. The zero-order valence-electron chi connectivity index (χ0n) is 18.4. The van der Waals surface area contributed by atoms with Crippen LogP contribution in [0.5, 0.6) is 17.4 Å². The second kappa shape index (κ2) is 9.30. The number of imidazole rings is 1. The number of benzene rings is 2. The highest BCUT2D eigenvalue weighted by Crippen LogP contribution is 2.33. The van der Waals surface area contributed by atoms with Gasteiger partial charge in [0.15, 0.2) is 11.2 Å². The second-order valence-electron chi connectivity index (χ2n) is 7.51. The van der Waals surface area contributed by atoms with Gasteiger partial charge < -0.3 is 19.8 Å². The van der Waals surface area contributed by atoms with Crippen LogP contribution in [0.3, 0.4) is 0 Å². The molecule has 0 aliphatic carbocycles. The molecule has 0 bridgehead atoms. The number of carbonyl (C=O) groups excluding carboxylic acids is 1. The molecule has 9 heteroatoms. The Morgan fingerprint density at radius 2 is 1.85 bits per heavy atom. The maximum absolute atomic E-state index is 11.0. The molecular formula is C24H22ClN5O3. The van der Waals surface area contributed by atoms with Gasteiger partial charge in [-0.15, -0.1) is 0 Å². The number of nitrogens with zero attached hydrogens (tertiary/aromatic N) is 4. The lowest BCUT2D eigenvalue weighted by atomic mass is 10.1. The van der Waals surface area contributed by atoms with Crippen LogP contribution in [-0.4, -0.2) is 32.5 Å². The first-order valence-corrected chi connectivity index (χ1v) is 10.5. The van der Waals surface area contributed by atoms with Gasteiger partial charge in [-0.25, -0.2) is 4.98 Å². The molecule has 2 aromatic carbocycles. The van der Waals surface area contributed by atoms with Crippen LogP contribution in [0.4, 0.5) is 0 Å². The number of ether oxygens (including phenoxy) is 2. The fraction of sp³-hybridized carbons (Fsp3) is 0.167. The van der Waals surface area contributed by atoms with Crippen LogP contribution in [0.15, 0.2) is 48.8 Å². The normalized spacial score (nSPS) is 11.3. The smallest absolute Gasteiger partial charge is 0.250 e. The summed E-state index contributed by atoms with van der Waals surface area (Å²) in [7, 11) is 1.63. The minimum atomic E-state index is -0.506. The Morgan fingerprint density at radius 3 is 2.48 bits per heavy atom. The summed E-state index contributed by atoms with van der Waals surface area (Å²) in [5.41, 5.74) is 9.89. The molecule has 0 saturated carbocycles. The first-order valence-electron chi connectivity index (χ1n) is 10.1. The summed E-state index contributed by atoms with van der Waals surface area (Å²) in [6, 6.07) is 11.6. The van der Waals surface area contributed by atoms with Crippen LogP contribution in [0.1, 0.15) is 22.3 Å². The lowest BCUT2D eigenvalue weighted by Gasteiger charge is -2.14. The SMILES string of the molecule is COc1ccc(Cn2cnc3nc(Cl)nc(Oc4c(C)cc(/C=C/C(N)=O)cc4C)c32)cc1. The summed E-state index contributed by atoms with van der Waals surface area (Å²) in [5, 5.41) is 0.0449. The number of aryl methyl sites for hydroxylation is 2. The number of carbonyl (C=O) groups is 1. The van der Waals surface area contributed by atoms with Crippen molar-refractivity contribution in [2.45, 2.75) is 20.4 Å². The Morgan fingerprint density at radius 1 is 1.15 bits per heavy atom. The molecule has 4 rings (SSSR count). The Kier molecular flexibility index (Phi) is 6.28. The van der Waals surface area contributed by atoms with Gasteiger partial charge in [-0.1, -0.05) is 12.1 Å². The number of fused-ring (bicyclic) bond motifs is 1. The molecule has 168 valence electrons. The van der Waals surface area contributed by atoms with Crippen LogP contribution >= 0.6 is 11.6 Å². The van der Waals surface area contributed by atoms with Crippen molar-refractivity contribution in [1.82, 2.24) is 19.5 Å². The van der Waals surface area contributed by atoms with E-state index in [1.807, 2.05) is 54.8 Å². The number of hydrogen-bond donors (Lipinski definition) is 1. The minimum absolute atomic E-state index is 0.0449. The van der Waals surface area contributed by atoms with Crippen LogP contribution in [-0.2, 0) is 11.3 Å². The first-order chi connectivity index (χ1) is 15.8. The standard InChI is InChI=1S/C24H22ClN5O3/c1-14-10-17(6-9-19(26)31)11-15(2)21(14)33-23-20-22(28-24(25)29-23)27-13-30(20)12-16-4-7-18(32-3)8-5-16/h4-11,13H,12H2,1-3H3,(H2,26,31)/b9-6+. The first kappa shape index (κ1) is 22.3. The average molecular weight is 464 g/mol. The molecule has 4 aromatic rings. The third-order valence-electron chi connectivity index (χ3n) is 5.05. The molecule has 1 amide bonds. The van der Waals surface area contributed by atoms with E-state index in [4.69, 9.17) is 26.8 Å². The zero-order chi connectivity index (χ0) is 23.5. The summed E-state index contributed by atoms with van der Waals surface area (Å²) < 4.78 is 13.4. The Balaban J connectivity index is 1.72. The quantitative estimate of drug-likeness (QED) is 0.321.